The Morgan fingerprint density at radius 1 is 0.124 bits per heavy atom. The van der Waals surface area contributed by atoms with Crippen molar-refractivity contribution in [2.24, 2.45) is 0 Å². The van der Waals surface area contributed by atoms with Gasteiger partial charge < -0.3 is 29.4 Å². The van der Waals surface area contributed by atoms with Crippen LogP contribution in [0.15, 0.2) is 570 Å². The Hall–Kier alpha value is -18.9. The highest BCUT2D eigenvalue weighted by molar-refractivity contribution is 6.03. The Labute approximate surface area is 847 Å². The van der Waals surface area contributed by atoms with Crippen molar-refractivity contribution < 1.29 is 0 Å². The van der Waals surface area contributed by atoms with E-state index in [2.05, 4.69) is 600 Å². The molecule has 145 heavy (non-hydrogen) atoms. The third-order valence-corrected chi connectivity index (χ3v) is 28.6. The van der Waals surface area contributed by atoms with Crippen molar-refractivity contribution in [2.45, 2.75) is 19.3 Å². The van der Waals surface area contributed by atoms with Crippen LogP contribution in [0.2, 0.25) is 0 Å². The van der Waals surface area contributed by atoms with Crippen molar-refractivity contribution >= 4 is 145 Å². The normalized spacial score (nSPS) is 12.0. The Kier molecular flexibility index (Phi) is 23.6. The van der Waals surface area contributed by atoms with Crippen molar-refractivity contribution in [1.29, 1.82) is 0 Å². The minimum atomic E-state index is 0.856. The summed E-state index contributed by atoms with van der Waals surface area (Å²) in [5.74, 6) is 0. The zero-order chi connectivity index (χ0) is 96.3. The van der Waals surface area contributed by atoms with Crippen LogP contribution in [-0.2, 0) is 19.3 Å². The summed E-state index contributed by atoms with van der Waals surface area (Å²) in [5, 5.41) is 10.0. The van der Waals surface area contributed by atoms with E-state index in [1.54, 1.807) is 0 Å². The lowest BCUT2D eigenvalue weighted by Gasteiger charge is -2.35. The van der Waals surface area contributed by atoms with Crippen molar-refractivity contribution in [3.63, 3.8) is 0 Å². The minimum absolute atomic E-state index is 0.856. The Morgan fingerprint density at radius 3 is 0.717 bits per heavy atom. The van der Waals surface area contributed by atoms with Gasteiger partial charge in [0.25, 0.3) is 0 Å². The zero-order valence-corrected chi connectivity index (χ0v) is 80.1. The number of benzene rings is 24. The number of anilines is 18. The molecule has 3 aliphatic heterocycles. The maximum absolute atomic E-state index is 2.48. The third-order valence-electron chi connectivity index (χ3n) is 28.6. The van der Waals surface area contributed by atoms with Gasteiger partial charge in [0.2, 0.25) is 0 Å². The van der Waals surface area contributed by atoms with Gasteiger partial charge in [-0.05, 0) is 339 Å². The van der Waals surface area contributed by atoms with E-state index in [1.165, 1.54) is 183 Å². The van der Waals surface area contributed by atoms with Gasteiger partial charge in [0, 0.05) is 121 Å². The Balaban J connectivity index is 0.000000114. The van der Waals surface area contributed by atoms with Crippen LogP contribution >= 0.6 is 0 Å². The molecule has 24 aromatic carbocycles. The van der Waals surface area contributed by atoms with Gasteiger partial charge in [-0.3, -0.25) is 0 Å². The molecule has 0 saturated carbocycles. The lowest BCUT2D eigenvalue weighted by Crippen LogP contribution is -2.19. The van der Waals surface area contributed by atoms with Crippen LogP contribution in [0, 0.1) is 0 Å². The van der Waals surface area contributed by atoms with Crippen LogP contribution in [-0.4, -0.2) is 0 Å². The molecule has 0 fully saturated rings. The molecule has 27 rings (SSSR count). The summed E-state index contributed by atoms with van der Waals surface area (Å²) in [4.78, 5) is 14.3. The molecule has 0 aliphatic carbocycles. The van der Waals surface area contributed by atoms with E-state index in [0.29, 0.717) is 0 Å². The monoisotopic (exact) mass is 1850 g/mol. The molecule has 0 atom stereocenters. The molecule has 0 N–H and O–H groups in total. The smallest absolute Gasteiger partial charge is 0.0540 e. The summed E-state index contributed by atoms with van der Waals surface area (Å²) in [5.41, 5.74) is 41.4. The fraction of sp³-hybridized carbons (Fsp3) is 0.0216. The second-order valence-electron chi connectivity index (χ2n) is 37.5. The predicted octanol–water partition coefficient (Wildman–Crippen LogP) is 38.5. The predicted molar refractivity (Wildman–Crippen MR) is 613 cm³/mol. The van der Waals surface area contributed by atoms with Gasteiger partial charge in [-0.1, -0.05) is 358 Å². The van der Waals surface area contributed by atoms with Crippen LogP contribution in [0.3, 0.4) is 0 Å². The van der Waals surface area contributed by atoms with Gasteiger partial charge in [0.1, 0.15) is 0 Å². The molecular formula is C139H100N6. The average molecular weight is 1850 g/mol. The molecule has 0 bridgehead atoms. The number of fused-ring (bicyclic) bond motifs is 10. The maximum Gasteiger partial charge on any atom is 0.0540 e. The molecule has 0 aromatic heterocycles. The zero-order valence-electron chi connectivity index (χ0n) is 80.1. The molecule has 3 aliphatic rings. The van der Waals surface area contributed by atoms with Crippen molar-refractivity contribution in [3.05, 3.63) is 604 Å². The number of nitrogens with zero attached hydrogens (tertiary/aromatic N) is 6. The van der Waals surface area contributed by atoms with E-state index in [1.807, 2.05) is 0 Å². The molecule has 0 amide bonds. The van der Waals surface area contributed by atoms with Crippen LogP contribution in [0.4, 0.5) is 102 Å². The summed E-state index contributed by atoms with van der Waals surface area (Å²) in [7, 11) is 0. The van der Waals surface area contributed by atoms with Gasteiger partial charge in [0.15, 0.2) is 0 Å². The van der Waals surface area contributed by atoms with Crippen LogP contribution in [0.5, 0.6) is 0 Å². The first-order valence-electron chi connectivity index (χ1n) is 50.0. The van der Waals surface area contributed by atoms with Crippen molar-refractivity contribution in [1.82, 2.24) is 0 Å². The van der Waals surface area contributed by atoms with Crippen LogP contribution < -0.4 is 29.4 Å². The van der Waals surface area contributed by atoms with Gasteiger partial charge >= 0.3 is 0 Å². The number of rotatable bonds is 17. The summed E-state index contributed by atoms with van der Waals surface area (Å²) in [6.07, 6.45) is 2.64. The lowest BCUT2D eigenvalue weighted by atomic mass is 9.89. The van der Waals surface area contributed by atoms with Gasteiger partial charge in [-0.15, -0.1) is 0 Å². The number of para-hydroxylation sites is 7. The van der Waals surface area contributed by atoms with Crippen molar-refractivity contribution in [2.75, 3.05) is 29.4 Å². The summed E-state index contributed by atoms with van der Waals surface area (Å²) in [6.45, 7) is 0. The standard InChI is InChI=1S/C51H36N2.C47H34N2.C41H30N2/c1-3-16-45(17-4-1)52(46-18-5-2-6-19-46)47-28-24-37(25-29-47)40-26-30-49-43(33-40)35-44-34-42(41-23-22-36-12-7-8-14-39(36)32-41)27-31-50(44)53(49)51-21-11-15-38-13-9-10-20-48(38)51;1-4-12-34(13-5-1)38-23-28-46-40(30-38)32-41-31-39(24-29-47(41)49(46)45-27-22-35-14-10-11-15-37(35)33-45)36-20-25-44(26-21-36)48(42-16-6-2-7-17-42)43-18-8-3-9-19-43;1-3-14-36(15-4-1)42(37-16-5-2-6-17-37)38-23-19-31(20-24-38)33-22-26-41-35(27-33)28-34-13-9-10-18-40(34)43(41)39-25-21-30-11-7-8-12-32(30)29-39/h1-34H,35H2;1-31,33H,32H2;1-27,29H,28H2. The fourth-order valence-corrected chi connectivity index (χ4v) is 21.6. The van der Waals surface area contributed by atoms with E-state index in [4.69, 9.17) is 0 Å². The first-order valence-corrected chi connectivity index (χ1v) is 50.0. The Morgan fingerprint density at radius 2 is 0.352 bits per heavy atom. The molecule has 24 aromatic rings. The second-order valence-corrected chi connectivity index (χ2v) is 37.5. The van der Waals surface area contributed by atoms with Gasteiger partial charge in [0.05, 0.1) is 5.69 Å². The van der Waals surface area contributed by atoms with E-state index >= 15 is 0 Å². The highest BCUT2D eigenvalue weighted by Crippen LogP contribution is 2.53. The first-order chi connectivity index (χ1) is 71.9. The first kappa shape index (κ1) is 87.6. The molecule has 6 nitrogen and oxygen atoms in total. The minimum Gasteiger partial charge on any atom is -0.311 e. The van der Waals surface area contributed by atoms with Crippen LogP contribution in [0.1, 0.15) is 33.4 Å². The topological polar surface area (TPSA) is 19.4 Å². The van der Waals surface area contributed by atoms with Crippen molar-refractivity contribution in [3.8, 4) is 55.6 Å². The number of hydrogen-bond donors (Lipinski definition) is 0. The highest BCUT2D eigenvalue weighted by atomic mass is 15.2. The molecule has 6 heteroatoms. The van der Waals surface area contributed by atoms with E-state index in [-0.39, 0.29) is 0 Å². The third kappa shape index (κ3) is 17.6. The summed E-state index contributed by atoms with van der Waals surface area (Å²) < 4.78 is 0. The van der Waals surface area contributed by atoms with Gasteiger partial charge in [-0.25, -0.2) is 0 Å². The SMILES string of the molecule is c1ccc(-c2ccc3c(c2)Cc2cc(-c4ccc(N(c5ccccc5)c5ccccc5)cc4)ccc2N3c2ccc3ccccc3c2)cc1.c1ccc(N(c2ccccc2)c2ccc(-c3ccc4c(c3)Cc3cc(-c5ccc6ccccc6c5)ccc3N4c3cccc4ccccc34)cc2)cc1.c1ccc(N(c2ccccc2)c2ccc(-c3ccc4c(c3)Cc3ccccc3N4c3ccc4ccccc4c3)cc2)cc1. The van der Waals surface area contributed by atoms with E-state index in [0.717, 1.165) is 70.4 Å². The summed E-state index contributed by atoms with van der Waals surface area (Å²) >= 11 is 0. The molecule has 686 valence electrons. The lowest BCUT2D eigenvalue weighted by molar-refractivity contribution is 1.09. The quantitative estimate of drug-likeness (QED) is 0.0899. The molecule has 0 radical (unpaired) electrons. The fourth-order valence-electron chi connectivity index (χ4n) is 21.6. The second kappa shape index (κ2) is 39.1. The van der Waals surface area contributed by atoms with Crippen LogP contribution in [0.25, 0.3) is 98.7 Å². The Bertz CT molecular complexity index is 8710. The number of hydrogen-bond acceptors (Lipinski definition) is 6. The average Bonchev–Trinajstić information content (AvgIpc) is 0.736. The van der Waals surface area contributed by atoms with Gasteiger partial charge in [-0.2, -0.15) is 0 Å². The largest absolute Gasteiger partial charge is 0.311 e. The van der Waals surface area contributed by atoms with E-state index in [9.17, 15) is 0 Å². The molecule has 3 heterocycles. The highest BCUT2D eigenvalue weighted by Gasteiger charge is 2.31. The molecule has 0 saturated heterocycles. The maximum atomic E-state index is 2.48. The molecule has 0 unspecified atom stereocenters. The van der Waals surface area contributed by atoms with E-state index < -0.39 is 0 Å². The summed E-state index contributed by atoms with van der Waals surface area (Å²) in [6, 6.07) is 206. The molecular weight excluding hydrogens is 1750 g/mol. The molecule has 0 spiro atoms.